The Morgan fingerprint density at radius 1 is 1.20 bits per heavy atom. The number of benzene rings is 2. The van der Waals surface area contributed by atoms with Crippen LogP contribution in [0.2, 0.25) is 10.0 Å². The van der Waals surface area contributed by atoms with Crippen LogP contribution < -0.4 is 10.5 Å². The number of hydrogen-bond donors (Lipinski definition) is 0. The van der Waals surface area contributed by atoms with Gasteiger partial charge in [-0.3, -0.25) is 4.79 Å². The number of nitrogens with zero attached hydrogens (tertiary/aromatic N) is 3. The van der Waals surface area contributed by atoms with Crippen LogP contribution in [0.5, 0.6) is 0 Å². The van der Waals surface area contributed by atoms with Gasteiger partial charge in [0.1, 0.15) is 16.8 Å². The van der Waals surface area contributed by atoms with E-state index < -0.39 is 23.1 Å². The number of fused-ring (bicyclic) bond motifs is 1. The smallest absolute Gasteiger partial charge is 0.417 e. The molecule has 0 spiro atoms. The highest BCUT2D eigenvalue weighted by Gasteiger charge is 2.27. The molecular formula is C21H20Cl2FN3O3. The summed E-state index contributed by atoms with van der Waals surface area (Å²) in [5.41, 5.74) is -1.11. The predicted octanol–water partition coefficient (Wildman–Crippen LogP) is 5.59. The van der Waals surface area contributed by atoms with Crippen molar-refractivity contribution in [3.05, 3.63) is 62.6 Å². The van der Waals surface area contributed by atoms with Crippen molar-refractivity contribution < 1.29 is 13.9 Å². The van der Waals surface area contributed by atoms with Gasteiger partial charge in [0.2, 0.25) is 5.95 Å². The topological polar surface area (TPSA) is 64.4 Å². The predicted molar refractivity (Wildman–Crippen MR) is 117 cm³/mol. The van der Waals surface area contributed by atoms with Gasteiger partial charge in [0.15, 0.2) is 0 Å². The van der Waals surface area contributed by atoms with Crippen molar-refractivity contribution in [3.8, 4) is 5.69 Å². The molecule has 6 nitrogen and oxygen atoms in total. The lowest BCUT2D eigenvalue weighted by Crippen LogP contribution is -2.40. The van der Waals surface area contributed by atoms with Gasteiger partial charge in [0.25, 0.3) is 5.56 Å². The van der Waals surface area contributed by atoms with Crippen molar-refractivity contribution in [2.75, 3.05) is 11.4 Å². The zero-order valence-corrected chi connectivity index (χ0v) is 18.4. The van der Waals surface area contributed by atoms with Crippen LogP contribution in [0.1, 0.15) is 27.7 Å². The number of halogens is 3. The van der Waals surface area contributed by atoms with Gasteiger partial charge < -0.3 is 4.74 Å². The minimum absolute atomic E-state index is 0.0341. The molecule has 0 saturated heterocycles. The maximum atomic E-state index is 14.5. The third kappa shape index (κ3) is 4.42. The lowest BCUT2D eigenvalue weighted by molar-refractivity contribution is 0.0579. The van der Waals surface area contributed by atoms with E-state index in [1.54, 1.807) is 27.7 Å². The fraction of sp³-hybridized carbons (Fsp3) is 0.286. The highest BCUT2D eigenvalue weighted by molar-refractivity contribution is 6.34. The largest absolute Gasteiger partial charge is 0.443 e. The van der Waals surface area contributed by atoms with Gasteiger partial charge in [-0.1, -0.05) is 29.3 Å². The molecule has 0 aliphatic heterocycles. The third-order valence-corrected chi connectivity index (χ3v) is 4.54. The molecular weight excluding hydrogens is 432 g/mol. The summed E-state index contributed by atoms with van der Waals surface area (Å²) in [6, 6.07) is 8.58. The first kappa shape index (κ1) is 22.1. The van der Waals surface area contributed by atoms with Crippen LogP contribution >= 0.6 is 23.2 Å². The number of hydrogen-bond acceptors (Lipinski definition) is 4. The summed E-state index contributed by atoms with van der Waals surface area (Å²) in [6.45, 7) is 7.04. The molecule has 1 heterocycles. The molecule has 158 valence electrons. The van der Waals surface area contributed by atoms with Crippen molar-refractivity contribution >= 4 is 46.1 Å². The monoisotopic (exact) mass is 451 g/mol. The van der Waals surface area contributed by atoms with Crippen LogP contribution in [0.4, 0.5) is 15.1 Å². The van der Waals surface area contributed by atoms with Crippen molar-refractivity contribution in [1.29, 1.82) is 0 Å². The van der Waals surface area contributed by atoms with Crippen LogP contribution in [-0.4, -0.2) is 27.8 Å². The summed E-state index contributed by atoms with van der Waals surface area (Å²) in [5.74, 6) is -0.757. The zero-order valence-electron chi connectivity index (χ0n) is 16.9. The van der Waals surface area contributed by atoms with Gasteiger partial charge in [-0.25, -0.2) is 23.6 Å². The number of anilines is 1. The SMILES string of the molecule is CCN(C(=O)OC(C)(C)C)c1nc2cccc(F)c2c(=O)n1-c1cc(Cl)cc(Cl)c1. The molecule has 1 amide bonds. The Hall–Kier alpha value is -2.64. The van der Waals surface area contributed by atoms with Crippen LogP contribution in [0.25, 0.3) is 16.6 Å². The Labute approximate surface area is 182 Å². The summed E-state index contributed by atoms with van der Waals surface area (Å²) in [5, 5.41) is 0.325. The normalized spacial score (nSPS) is 11.6. The molecule has 0 unspecified atom stereocenters. The Balaban J connectivity index is 2.37. The van der Waals surface area contributed by atoms with E-state index in [0.717, 1.165) is 4.57 Å². The number of carbonyl (C=O) groups is 1. The highest BCUT2D eigenvalue weighted by atomic mass is 35.5. The lowest BCUT2D eigenvalue weighted by Gasteiger charge is -2.27. The molecule has 2 aromatic carbocycles. The first-order chi connectivity index (χ1) is 14.0. The molecule has 0 aliphatic carbocycles. The molecule has 0 N–H and O–H groups in total. The van der Waals surface area contributed by atoms with E-state index in [9.17, 15) is 14.0 Å². The summed E-state index contributed by atoms with van der Waals surface area (Å²) >= 11 is 12.2. The number of ether oxygens (including phenoxy) is 1. The van der Waals surface area contributed by atoms with E-state index in [-0.39, 0.29) is 39.1 Å². The molecule has 0 aliphatic rings. The minimum Gasteiger partial charge on any atom is -0.443 e. The molecule has 0 radical (unpaired) electrons. The van der Waals surface area contributed by atoms with Crippen LogP contribution in [0.3, 0.4) is 0 Å². The molecule has 3 aromatic rings. The van der Waals surface area contributed by atoms with E-state index in [2.05, 4.69) is 4.98 Å². The molecule has 30 heavy (non-hydrogen) atoms. The number of aromatic nitrogens is 2. The summed E-state index contributed by atoms with van der Waals surface area (Å²) in [6.07, 6.45) is -0.700. The first-order valence-electron chi connectivity index (χ1n) is 9.20. The van der Waals surface area contributed by atoms with Crippen LogP contribution in [-0.2, 0) is 4.74 Å². The number of amides is 1. The van der Waals surface area contributed by atoms with Gasteiger partial charge >= 0.3 is 6.09 Å². The van der Waals surface area contributed by atoms with Crippen molar-refractivity contribution in [2.45, 2.75) is 33.3 Å². The van der Waals surface area contributed by atoms with Crippen molar-refractivity contribution in [1.82, 2.24) is 9.55 Å². The number of carbonyl (C=O) groups excluding carboxylic acids is 1. The Bertz CT molecular complexity index is 1170. The second kappa shape index (κ2) is 8.24. The lowest BCUT2D eigenvalue weighted by atomic mass is 10.2. The Morgan fingerprint density at radius 2 is 1.83 bits per heavy atom. The average molecular weight is 452 g/mol. The van der Waals surface area contributed by atoms with E-state index in [4.69, 9.17) is 27.9 Å². The van der Waals surface area contributed by atoms with Crippen molar-refractivity contribution in [2.24, 2.45) is 0 Å². The maximum Gasteiger partial charge on any atom is 0.417 e. The summed E-state index contributed by atoms with van der Waals surface area (Å²) < 4.78 is 21.1. The summed E-state index contributed by atoms with van der Waals surface area (Å²) in [7, 11) is 0. The third-order valence-electron chi connectivity index (χ3n) is 4.11. The van der Waals surface area contributed by atoms with E-state index >= 15 is 0 Å². The molecule has 0 saturated carbocycles. The van der Waals surface area contributed by atoms with Gasteiger partial charge in [0, 0.05) is 16.6 Å². The summed E-state index contributed by atoms with van der Waals surface area (Å²) in [4.78, 5) is 31.8. The maximum absolute atomic E-state index is 14.5. The molecule has 1 aromatic heterocycles. The molecule has 9 heteroatoms. The van der Waals surface area contributed by atoms with Gasteiger partial charge in [-0.05, 0) is 58.0 Å². The number of rotatable bonds is 3. The van der Waals surface area contributed by atoms with E-state index in [1.165, 1.54) is 41.3 Å². The fourth-order valence-corrected chi connectivity index (χ4v) is 3.44. The minimum atomic E-state index is -0.766. The quantitative estimate of drug-likeness (QED) is 0.520. The van der Waals surface area contributed by atoms with Crippen LogP contribution in [0.15, 0.2) is 41.2 Å². The molecule has 0 atom stereocenters. The second-order valence-electron chi connectivity index (χ2n) is 7.54. The Kier molecular flexibility index (Phi) is 6.06. The van der Waals surface area contributed by atoms with Gasteiger partial charge in [-0.15, -0.1) is 0 Å². The standard InChI is InChI=1S/C21H20Cl2FN3O3/c1-5-26(20(29)30-21(2,3)4)19-25-16-8-6-7-15(24)17(16)18(28)27(19)14-10-12(22)9-13(23)11-14/h6-11H,5H2,1-4H3. The van der Waals surface area contributed by atoms with Crippen LogP contribution in [0, 0.1) is 5.82 Å². The van der Waals surface area contributed by atoms with E-state index in [1.807, 2.05) is 0 Å². The van der Waals surface area contributed by atoms with Gasteiger partial charge in [0.05, 0.1) is 11.2 Å². The van der Waals surface area contributed by atoms with Crippen molar-refractivity contribution in [3.63, 3.8) is 0 Å². The molecule has 0 fully saturated rings. The Morgan fingerprint density at radius 3 is 2.40 bits per heavy atom. The van der Waals surface area contributed by atoms with Gasteiger partial charge in [-0.2, -0.15) is 0 Å². The second-order valence-corrected chi connectivity index (χ2v) is 8.41. The highest BCUT2D eigenvalue weighted by Crippen LogP contribution is 2.26. The fourth-order valence-electron chi connectivity index (χ4n) is 2.93. The average Bonchev–Trinajstić information content (AvgIpc) is 2.59. The molecule has 3 rings (SSSR count). The first-order valence-corrected chi connectivity index (χ1v) is 9.95. The zero-order chi connectivity index (χ0) is 22.2. The molecule has 0 bridgehead atoms. The van der Waals surface area contributed by atoms with E-state index in [0.29, 0.717) is 0 Å².